The molecule has 0 aromatic heterocycles. The molecule has 0 saturated heterocycles. The van der Waals surface area contributed by atoms with Gasteiger partial charge in [-0.15, -0.1) is 0 Å². The van der Waals surface area contributed by atoms with Gasteiger partial charge in [0, 0.05) is 19.3 Å². The molecular formula is C24H31N. The van der Waals surface area contributed by atoms with Gasteiger partial charge in [0.05, 0.1) is 0 Å². The van der Waals surface area contributed by atoms with Gasteiger partial charge in [-0.3, -0.25) is 0 Å². The molecule has 1 heteroatoms. The second-order valence-corrected chi connectivity index (χ2v) is 6.78. The summed E-state index contributed by atoms with van der Waals surface area (Å²) in [5.41, 5.74) is 6.53. The van der Waals surface area contributed by atoms with Gasteiger partial charge in [0.25, 0.3) is 0 Å². The molecule has 1 aromatic rings. The zero-order valence-corrected chi connectivity index (χ0v) is 16.1. The fraction of sp³-hybridized carbons (Fsp3) is 0.333. The van der Waals surface area contributed by atoms with E-state index >= 15 is 0 Å². The smallest absolute Gasteiger partial charge is 0.0426 e. The van der Waals surface area contributed by atoms with Crippen molar-refractivity contribution in [1.29, 1.82) is 0 Å². The summed E-state index contributed by atoms with van der Waals surface area (Å²) in [6.07, 6.45) is 19.1. The molecule has 0 saturated carbocycles. The highest BCUT2D eigenvalue weighted by Gasteiger charge is 2.08. The van der Waals surface area contributed by atoms with Crippen LogP contribution in [-0.4, -0.2) is 11.9 Å². The maximum atomic E-state index is 2.38. The molecule has 0 unspecified atom stereocenters. The zero-order chi connectivity index (χ0) is 18.1. The summed E-state index contributed by atoms with van der Waals surface area (Å²) >= 11 is 0. The van der Waals surface area contributed by atoms with Gasteiger partial charge < -0.3 is 4.90 Å². The van der Waals surface area contributed by atoms with Crippen LogP contribution >= 0.6 is 0 Å². The Kier molecular flexibility index (Phi) is 7.53. The van der Waals surface area contributed by atoms with Gasteiger partial charge in [-0.25, -0.2) is 0 Å². The molecule has 1 aliphatic rings. The maximum Gasteiger partial charge on any atom is 0.0426 e. The Labute approximate surface area is 153 Å². The third-order valence-corrected chi connectivity index (χ3v) is 4.48. The molecule has 0 N–H and O–H groups in total. The van der Waals surface area contributed by atoms with Crippen LogP contribution in [0.3, 0.4) is 0 Å². The van der Waals surface area contributed by atoms with Crippen LogP contribution in [0.5, 0.6) is 0 Å². The standard InChI is InChI=1S/C24H31N/c1-5-24(25(4)19-22-16-13-21(3)14-17-22)23-12-10-8-6-7-9-11-20(2)15-18-23/h5,7,9,11-18H,6,8,10,19H2,1-4H3. The van der Waals surface area contributed by atoms with E-state index in [4.69, 9.17) is 0 Å². The number of hydrogen-bond donors (Lipinski definition) is 0. The van der Waals surface area contributed by atoms with Crippen molar-refractivity contribution in [2.24, 2.45) is 0 Å². The first-order chi connectivity index (χ1) is 12.1. The Balaban J connectivity index is 2.19. The minimum absolute atomic E-state index is 0.918. The van der Waals surface area contributed by atoms with Crippen molar-refractivity contribution >= 4 is 0 Å². The van der Waals surface area contributed by atoms with Crippen molar-refractivity contribution in [3.05, 3.63) is 94.8 Å². The fourth-order valence-electron chi connectivity index (χ4n) is 3.00. The summed E-state index contributed by atoms with van der Waals surface area (Å²) < 4.78 is 0. The molecule has 25 heavy (non-hydrogen) atoms. The van der Waals surface area contributed by atoms with E-state index in [1.807, 2.05) is 0 Å². The predicted molar refractivity (Wildman–Crippen MR) is 110 cm³/mol. The normalized spacial score (nSPS) is 16.1. The number of likely N-dealkylation sites (N-methyl/N-ethyl adjacent to an activating group) is 1. The molecule has 1 aromatic carbocycles. The Hall–Kier alpha value is -2.28. The van der Waals surface area contributed by atoms with E-state index in [0.717, 1.165) is 19.4 Å². The van der Waals surface area contributed by atoms with E-state index in [1.165, 1.54) is 34.4 Å². The summed E-state index contributed by atoms with van der Waals surface area (Å²) in [6.45, 7) is 7.34. The Bertz CT molecular complexity index is 696. The molecule has 0 heterocycles. The van der Waals surface area contributed by atoms with E-state index in [2.05, 4.69) is 99.5 Å². The van der Waals surface area contributed by atoms with E-state index in [0.29, 0.717) is 0 Å². The van der Waals surface area contributed by atoms with Crippen LogP contribution in [0.15, 0.2) is 83.6 Å². The number of benzene rings is 1. The molecule has 2 rings (SSSR count). The molecule has 1 nitrogen and oxygen atoms in total. The summed E-state index contributed by atoms with van der Waals surface area (Å²) in [4.78, 5) is 2.35. The molecule has 132 valence electrons. The first-order valence-corrected chi connectivity index (χ1v) is 9.25. The number of nitrogens with zero attached hydrogens (tertiary/aromatic N) is 1. The zero-order valence-electron chi connectivity index (χ0n) is 16.1. The second kappa shape index (κ2) is 9.88. The van der Waals surface area contributed by atoms with Crippen LogP contribution in [0.25, 0.3) is 0 Å². The van der Waals surface area contributed by atoms with Gasteiger partial charge in [0.2, 0.25) is 0 Å². The van der Waals surface area contributed by atoms with Crippen molar-refractivity contribution in [3.8, 4) is 0 Å². The van der Waals surface area contributed by atoms with Crippen molar-refractivity contribution < 1.29 is 0 Å². The summed E-state index contributed by atoms with van der Waals surface area (Å²) in [5.74, 6) is 0. The Morgan fingerprint density at radius 3 is 2.56 bits per heavy atom. The number of rotatable bonds is 4. The van der Waals surface area contributed by atoms with E-state index < -0.39 is 0 Å². The molecule has 0 fully saturated rings. The maximum absolute atomic E-state index is 2.38. The quantitative estimate of drug-likeness (QED) is 0.608. The highest BCUT2D eigenvalue weighted by molar-refractivity contribution is 5.41. The predicted octanol–water partition coefficient (Wildman–Crippen LogP) is 6.50. The number of allylic oxidation sites excluding steroid dienone is 8. The Morgan fingerprint density at radius 1 is 1.08 bits per heavy atom. The summed E-state index contributed by atoms with van der Waals surface area (Å²) in [5, 5.41) is 0. The monoisotopic (exact) mass is 333 g/mol. The van der Waals surface area contributed by atoms with E-state index in [9.17, 15) is 0 Å². The lowest BCUT2D eigenvalue weighted by molar-refractivity contribution is 0.419. The van der Waals surface area contributed by atoms with Crippen LogP contribution in [0, 0.1) is 6.92 Å². The van der Waals surface area contributed by atoms with Gasteiger partial charge in [0.15, 0.2) is 0 Å². The van der Waals surface area contributed by atoms with E-state index in [1.54, 1.807) is 0 Å². The van der Waals surface area contributed by atoms with Crippen LogP contribution in [0.2, 0.25) is 0 Å². The van der Waals surface area contributed by atoms with Gasteiger partial charge in [-0.1, -0.05) is 77.9 Å². The highest BCUT2D eigenvalue weighted by Crippen LogP contribution is 2.21. The number of hydrogen-bond acceptors (Lipinski definition) is 1. The molecule has 0 radical (unpaired) electrons. The molecule has 1 aliphatic carbocycles. The van der Waals surface area contributed by atoms with Crippen LogP contribution in [0.1, 0.15) is 44.2 Å². The lowest BCUT2D eigenvalue weighted by Crippen LogP contribution is -2.18. The third kappa shape index (κ3) is 6.26. The molecular weight excluding hydrogens is 302 g/mol. The van der Waals surface area contributed by atoms with Crippen molar-refractivity contribution in [1.82, 2.24) is 4.90 Å². The average molecular weight is 334 g/mol. The number of aryl methyl sites for hydroxylation is 1. The molecule has 0 amide bonds. The van der Waals surface area contributed by atoms with Gasteiger partial charge >= 0.3 is 0 Å². The minimum Gasteiger partial charge on any atom is -0.370 e. The van der Waals surface area contributed by atoms with Crippen molar-refractivity contribution in [2.45, 2.75) is 46.6 Å². The Morgan fingerprint density at radius 2 is 1.84 bits per heavy atom. The molecule has 0 bridgehead atoms. The largest absolute Gasteiger partial charge is 0.370 e. The minimum atomic E-state index is 0.918. The van der Waals surface area contributed by atoms with Gasteiger partial charge in [0.1, 0.15) is 0 Å². The van der Waals surface area contributed by atoms with E-state index in [-0.39, 0.29) is 0 Å². The topological polar surface area (TPSA) is 3.24 Å². The average Bonchev–Trinajstić information content (AvgIpc) is 2.64. The van der Waals surface area contributed by atoms with Crippen LogP contribution in [0.4, 0.5) is 0 Å². The van der Waals surface area contributed by atoms with Crippen LogP contribution < -0.4 is 0 Å². The lowest BCUT2D eigenvalue weighted by atomic mass is 10.1. The lowest BCUT2D eigenvalue weighted by Gasteiger charge is -2.24. The third-order valence-electron chi connectivity index (χ3n) is 4.48. The second-order valence-electron chi connectivity index (χ2n) is 6.78. The van der Waals surface area contributed by atoms with Crippen LogP contribution in [-0.2, 0) is 6.54 Å². The van der Waals surface area contributed by atoms with Gasteiger partial charge in [-0.05, 0) is 51.2 Å². The van der Waals surface area contributed by atoms with Crippen molar-refractivity contribution in [2.75, 3.05) is 7.05 Å². The van der Waals surface area contributed by atoms with Crippen molar-refractivity contribution in [3.63, 3.8) is 0 Å². The van der Waals surface area contributed by atoms with Gasteiger partial charge in [-0.2, -0.15) is 0 Å². The molecule has 0 aliphatic heterocycles. The SMILES string of the molecule is CC=C(C1=CCCCC=CC=C(C)C=C1)N(C)Cc1ccc(C)cc1. The first kappa shape index (κ1) is 19.1. The molecule has 0 spiro atoms. The highest BCUT2D eigenvalue weighted by atomic mass is 15.1. The molecule has 0 atom stereocenters. The first-order valence-electron chi connectivity index (χ1n) is 9.25. The fourth-order valence-corrected chi connectivity index (χ4v) is 3.00. The summed E-state index contributed by atoms with van der Waals surface area (Å²) in [6, 6.07) is 8.82. The summed E-state index contributed by atoms with van der Waals surface area (Å²) in [7, 11) is 2.18.